The van der Waals surface area contributed by atoms with Crippen molar-refractivity contribution in [2.45, 2.75) is 13.1 Å². The summed E-state index contributed by atoms with van der Waals surface area (Å²) in [5.74, 6) is 0.848. The highest BCUT2D eigenvalue weighted by Gasteiger charge is 2.16. The maximum absolute atomic E-state index is 12.6. The van der Waals surface area contributed by atoms with Crippen molar-refractivity contribution in [1.82, 2.24) is 5.32 Å². The molecule has 1 aromatic heterocycles. The number of carbonyl (C=O) groups excluding carboxylic acids is 2. The van der Waals surface area contributed by atoms with Gasteiger partial charge in [0.25, 0.3) is 5.91 Å². The molecule has 1 heterocycles. The standard InChI is InChI=1S/C23H22N2O4.BrH/c1-28-21-9-8-19(14-22(21)29-2)20(26)16-25-12-10-18(11-13-25)23(27)24-15-17-6-4-3-5-7-17;/h3-14H,15-16H2,1-2H3;1H. The van der Waals surface area contributed by atoms with Crippen LogP contribution in [0.5, 0.6) is 11.5 Å². The monoisotopic (exact) mass is 470 g/mol. The lowest BCUT2D eigenvalue weighted by molar-refractivity contribution is -0.683. The molecule has 7 heteroatoms. The summed E-state index contributed by atoms with van der Waals surface area (Å²) in [7, 11) is 3.08. The van der Waals surface area contributed by atoms with Crippen molar-refractivity contribution in [3.63, 3.8) is 0 Å². The van der Waals surface area contributed by atoms with E-state index in [1.807, 2.05) is 30.3 Å². The molecule has 0 aliphatic carbocycles. The molecule has 1 N–H and O–H groups in total. The molecule has 0 bridgehead atoms. The van der Waals surface area contributed by atoms with E-state index in [0.29, 0.717) is 29.2 Å². The minimum atomic E-state index is -0.160. The van der Waals surface area contributed by atoms with Gasteiger partial charge in [0.05, 0.1) is 19.8 Å². The van der Waals surface area contributed by atoms with E-state index in [4.69, 9.17) is 9.47 Å². The van der Waals surface area contributed by atoms with Gasteiger partial charge in [-0.3, -0.25) is 9.59 Å². The van der Waals surface area contributed by atoms with Crippen LogP contribution in [0.15, 0.2) is 73.1 Å². The summed E-state index contributed by atoms with van der Waals surface area (Å²) in [6.07, 6.45) is 3.44. The number of carbonyl (C=O) groups is 2. The van der Waals surface area contributed by atoms with Crippen LogP contribution < -0.4 is 36.3 Å². The average Bonchev–Trinajstić information content (AvgIpc) is 2.78. The van der Waals surface area contributed by atoms with Gasteiger partial charge in [-0.2, -0.15) is 4.57 Å². The topological polar surface area (TPSA) is 68.5 Å². The zero-order valence-corrected chi connectivity index (χ0v) is 18.4. The largest absolute Gasteiger partial charge is 1.00 e. The highest BCUT2D eigenvalue weighted by atomic mass is 79.9. The molecule has 0 saturated carbocycles. The first-order chi connectivity index (χ1) is 14.1. The van der Waals surface area contributed by atoms with Crippen molar-refractivity contribution in [1.29, 1.82) is 0 Å². The van der Waals surface area contributed by atoms with Crippen molar-refractivity contribution < 1.29 is 40.6 Å². The fourth-order valence-electron chi connectivity index (χ4n) is 2.86. The van der Waals surface area contributed by atoms with Crippen molar-refractivity contribution in [3.8, 4) is 11.5 Å². The maximum Gasteiger partial charge on any atom is 0.252 e. The first kappa shape index (κ1) is 23.1. The van der Waals surface area contributed by atoms with E-state index < -0.39 is 0 Å². The highest BCUT2D eigenvalue weighted by molar-refractivity contribution is 5.96. The van der Waals surface area contributed by atoms with E-state index in [1.54, 1.807) is 54.4 Å². The summed E-state index contributed by atoms with van der Waals surface area (Å²) in [4.78, 5) is 24.9. The van der Waals surface area contributed by atoms with E-state index in [1.165, 1.54) is 7.11 Å². The van der Waals surface area contributed by atoms with E-state index in [2.05, 4.69) is 5.32 Å². The van der Waals surface area contributed by atoms with Gasteiger partial charge in [-0.15, -0.1) is 0 Å². The molecule has 1 amide bonds. The van der Waals surface area contributed by atoms with Crippen LogP contribution in [0.4, 0.5) is 0 Å². The fourth-order valence-corrected chi connectivity index (χ4v) is 2.86. The summed E-state index contributed by atoms with van der Waals surface area (Å²) in [6, 6.07) is 18.2. The number of methoxy groups -OCH3 is 2. The van der Waals surface area contributed by atoms with Crippen molar-refractivity contribution in [2.24, 2.45) is 0 Å². The van der Waals surface area contributed by atoms with Gasteiger partial charge < -0.3 is 31.8 Å². The second kappa shape index (κ2) is 11.1. The second-order valence-corrected chi connectivity index (χ2v) is 6.42. The van der Waals surface area contributed by atoms with Crippen LogP contribution in [0, 0.1) is 0 Å². The van der Waals surface area contributed by atoms with E-state index in [-0.39, 0.29) is 35.2 Å². The van der Waals surface area contributed by atoms with Crippen LogP contribution in [0.1, 0.15) is 26.3 Å². The molecule has 0 atom stereocenters. The summed E-state index contributed by atoms with van der Waals surface area (Å²) in [6.45, 7) is 0.619. The summed E-state index contributed by atoms with van der Waals surface area (Å²) < 4.78 is 12.2. The van der Waals surface area contributed by atoms with Gasteiger partial charge in [-0.05, 0) is 23.8 Å². The molecule has 0 saturated heterocycles. The molecular formula is C23H23BrN2O4. The van der Waals surface area contributed by atoms with Gasteiger partial charge in [-0.25, -0.2) is 0 Å². The summed E-state index contributed by atoms with van der Waals surface area (Å²) in [5, 5.41) is 2.88. The van der Waals surface area contributed by atoms with Crippen LogP contribution in [0.25, 0.3) is 0 Å². The third-order valence-electron chi connectivity index (χ3n) is 4.48. The van der Waals surface area contributed by atoms with Crippen LogP contribution in [0.3, 0.4) is 0 Å². The Morgan fingerprint density at radius 3 is 2.17 bits per heavy atom. The number of nitrogens with one attached hydrogen (secondary N) is 1. The number of hydrogen-bond acceptors (Lipinski definition) is 4. The minimum absolute atomic E-state index is 0. The molecule has 2 aromatic carbocycles. The van der Waals surface area contributed by atoms with Crippen molar-refractivity contribution in [2.75, 3.05) is 14.2 Å². The Morgan fingerprint density at radius 2 is 1.53 bits per heavy atom. The molecule has 0 spiro atoms. The van der Waals surface area contributed by atoms with Crippen molar-refractivity contribution in [3.05, 3.63) is 89.7 Å². The Kier molecular flexibility index (Phi) is 8.55. The highest BCUT2D eigenvalue weighted by Crippen LogP contribution is 2.27. The summed E-state index contributed by atoms with van der Waals surface area (Å²) >= 11 is 0. The van der Waals surface area contributed by atoms with Gasteiger partial charge >= 0.3 is 0 Å². The van der Waals surface area contributed by atoms with Gasteiger partial charge in [0.2, 0.25) is 12.3 Å². The molecule has 30 heavy (non-hydrogen) atoms. The first-order valence-corrected chi connectivity index (χ1v) is 9.17. The lowest BCUT2D eigenvalue weighted by Gasteiger charge is -2.08. The van der Waals surface area contributed by atoms with Crippen LogP contribution in [0.2, 0.25) is 0 Å². The van der Waals surface area contributed by atoms with Crippen LogP contribution >= 0.6 is 0 Å². The minimum Gasteiger partial charge on any atom is -1.00 e. The number of ketones is 1. The lowest BCUT2D eigenvalue weighted by atomic mass is 10.1. The molecule has 0 aliphatic rings. The van der Waals surface area contributed by atoms with Gasteiger partial charge in [0.15, 0.2) is 23.9 Å². The van der Waals surface area contributed by atoms with Crippen LogP contribution in [-0.4, -0.2) is 25.9 Å². The van der Waals surface area contributed by atoms with Gasteiger partial charge in [0, 0.05) is 24.2 Å². The number of nitrogens with zero attached hydrogens (tertiary/aromatic N) is 1. The average molecular weight is 471 g/mol. The van der Waals surface area contributed by atoms with E-state index in [9.17, 15) is 9.59 Å². The van der Waals surface area contributed by atoms with Gasteiger partial charge in [0.1, 0.15) is 0 Å². The zero-order valence-electron chi connectivity index (χ0n) is 16.8. The van der Waals surface area contributed by atoms with Crippen molar-refractivity contribution >= 4 is 11.7 Å². The second-order valence-electron chi connectivity index (χ2n) is 6.42. The molecule has 3 aromatic rings. The molecule has 0 radical (unpaired) electrons. The Morgan fingerprint density at radius 1 is 0.867 bits per heavy atom. The Hall–Kier alpha value is -3.19. The molecule has 156 valence electrons. The normalized spacial score (nSPS) is 9.93. The molecule has 3 rings (SSSR count). The fraction of sp³-hybridized carbons (Fsp3) is 0.174. The SMILES string of the molecule is COc1ccc(C(=O)C[n+]2ccc(C(=O)NCc3ccccc3)cc2)cc1OC.[Br-]. The predicted molar refractivity (Wildman–Crippen MR) is 108 cm³/mol. The zero-order chi connectivity index (χ0) is 20.6. The molecule has 0 aliphatic heterocycles. The lowest BCUT2D eigenvalue weighted by Crippen LogP contribution is -3.00. The number of halogens is 1. The molecule has 0 unspecified atom stereocenters. The van der Waals surface area contributed by atoms with Crippen LogP contribution in [-0.2, 0) is 13.1 Å². The smallest absolute Gasteiger partial charge is 0.252 e. The number of aromatic nitrogens is 1. The number of pyridine rings is 1. The maximum atomic E-state index is 12.6. The number of ether oxygens (including phenoxy) is 2. The van der Waals surface area contributed by atoms with Gasteiger partial charge in [-0.1, -0.05) is 30.3 Å². The first-order valence-electron chi connectivity index (χ1n) is 9.17. The third kappa shape index (κ3) is 5.90. The Labute approximate surface area is 186 Å². The van der Waals surface area contributed by atoms with E-state index >= 15 is 0 Å². The number of hydrogen-bond donors (Lipinski definition) is 1. The third-order valence-corrected chi connectivity index (χ3v) is 4.48. The Bertz CT molecular complexity index is 992. The number of rotatable bonds is 8. The number of amides is 1. The number of benzene rings is 2. The Balaban J connectivity index is 0.00000320. The molecule has 0 fully saturated rings. The summed E-state index contributed by atoms with van der Waals surface area (Å²) in [5.41, 5.74) is 2.10. The molecular weight excluding hydrogens is 448 g/mol. The quantitative estimate of drug-likeness (QED) is 0.366. The van der Waals surface area contributed by atoms with E-state index in [0.717, 1.165) is 5.56 Å². The predicted octanol–water partition coefficient (Wildman–Crippen LogP) is -0.192. The number of Topliss-reactive ketones (excluding diaryl/α,β-unsaturated/α-hetero) is 1. The molecule has 6 nitrogen and oxygen atoms in total.